The summed E-state index contributed by atoms with van der Waals surface area (Å²) >= 11 is 0. The number of esters is 2. The standard InChI is InChI=1S/C31H42O4/c1-7-21-13-11-17-30(9-3,19-21)34-27(32)25-23-15-16-24(29(23,5)6)26(25)28(33)35-31(10-4)18-12-14-22(8-2)20-31/h11-18,23-26H,7-10,19-20H2,1-6H3. The molecule has 0 heterocycles. The first kappa shape index (κ1) is 25.7. The van der Waals surface area contributed by atoms with E-state index in [0.717, 1.165) is 12.8 Å². The molecule has 0 amide bonds. The molecule has 1 fully saturated rings. The number of hydrogen-bond acceptors (Lipinski definition) is 4. The van der Waals surface area contributed by atoms with Crippen LogP contribution in [0.5, 0.6) is 0 Å². The molecule has 4 heteroatoms. The quantitative estimate of drug-likeness (QED) is 0.277. The lowest BCUT2D eigenvalue weighted by Gasteiger charge is -2.37. The third kappa shape index (κ3) is 4.49. The van der Waals surface area contributed by atoms with Gasteiger partial charge in [0.1, 0.15) is 11.2 Å². The van der Waals surface area contributed by atoms with Gasteiger partial charge >= 0.3 is 11.9 Å². The van der Waals surface area contributed by atoms with Crippen LogP contribution in [0.3, 0.4) is 0 Å². The fourth-order valence-corrected chi connectivity index (χ4v) is 6.67. The van der Waals surface area contributed by atoms with Gasteiger partial charge < -0.3 is 9.47 Å². The Labute approximate surface area is 211 Å². The van der Waals surface area contributed by atoms with Gasteiger partial charge in [-0.25, -0.2) is 0 Å². The van der Waals surface area contributed by atoms with Crippen molar-refractivity contribution < 1.29 is 19.1 Å². The van der Waals surface area contributed by atoms with Gasteiger partial charge in [-0.3, -0.25) is 9.59 Å². The van der Waals surface area contributed by atoms with E-state index in [9.17, 15) is 9.59 Å². The first-order chi connectivity index (χ1) is 16.6. The summed E-state index contributed by atoms with van der Waals surface area (Å²) in [6.07, 6.45) is 21.2. The number of hydrogen-bond donors (Lipinski definition) is 0. The van der Waals surface area contributed by atoms with E-state index >= 15 is 0 Å². The van der Waals surface area contributed by atoms with Crippen LogP contribution in [-0.4, -0.2) is 23.1 Å². The lowest BCUT2D eigenvalue weighted by molar-refractivity contribution is -0.174. The van der Waals surface area contributed by atoms with Gasteiger partial charge in [-0.1, -0.05) is 89.1 Å². The van der Waals surface area contributed by atoms with Gasteiger partial charge in [0.15, 0.2) is 0 Å². The Morgan fingerprint density at radius 2 is 1.17 bits per heavy atom. The van der Waals surface area contributed by atoms with Crippen LogP contribution >= 0.6 is 0 Å². The average Bonchev–Trinajstić information content (AvgIpc) is 3.28. The fraction of sp³-hybridized carbons (Fsp3) is 0.613. The molecule has 4 aliphatic rings. The molecule has 4 nitrogen and oxygen atoms in total. The van der Waals surface area contributed by atoms with Gasteiger partial charge in [0.25, 0.3) is 0 Å². The van der Waals surface area contributed by atoms with Crippen molar-refractivity contribution in [3.8, 4) is 0 Å². The monoisotopic (exact) mass is 478 g/mol. The molecule has 190 valence electrons. The number of allylic oxidation sites excluding steroid dienone is 6. The van der Waals surface area contributed by atoms with Gasteiger partial charge in [-0.15, -0.1) is 0 Å². The maximum atomic E-state index is 13.9. The number of fused-ring (bicyclic) bond motifs is 2. The Morgan fingerprint density at radius 1 is 0.771 bits per heavy atom. The number of rotatable bonds is 8. The molecular formula is C31H42O4. The Morgan fingerprint density at radius 3 is 1.51 bits per heavy atom. The maximum Gasteiger partial charge on any atom is 0.311 e. The van der Waals surface area contributed by atoms with Gasteiger partial charge in [0, 0.05) is 12.8 Å². The first-order valence-electron chi connectivity index (χ1n) is 13.5. The summed E-state index contributed by atoms with van der Waals surface area (Å²) in [5.41, 5.74) is 1.08. The van der Waals surface area contributed by atoms with Crippen LogP contribution in [0.15, 0.2) is 59.8 Å². The predicted molar refractivity (Wildman–Crippen MR) is 139 cm³/mol. The van der Waals surface area contributed by atoms with Crippen molar-refractivity contribution in [2.75, 3.05) is 0 Å². The zero-order chi connectivity index (χ0) is 25.4. The van der Waals surface area contributed by atoms with Crippen molar-refractivity contribution in [3.05, 3.63) is 59.8 Å². The summed E-state index contributed by atoms with van der Waals surface area (Å²) in [7, 11) is 0. The molecule has 0 spiro atoms. The second-order valence-electron chi connectivity index (χ2n) is 11.4. The van der Waals surface area contributed by atoms with Gasteiger partial charge in [0.2, 0.25) is 0 Å². The van der Waals surface area contributed by atoms with E-state index in [1.165, 1.54) is 11.1 Å². The zero-order valence-corrected chi connectivity index (χ0v) is 22.3. The molecule has 2 bridgehead atoms. The zero-order valence-electron chi connectivity index (χ0n) is 22.3. The van der Waals surface area contributed by atoms with E-state index < -0.39 is 23.0 Å². The van der Waals surface area contributed by atoms with Crippen LogP contribution in [0, 0.1) is 29.1 Å². The number of ether oxygens (including phenoxy) is 2. The highest BCUT2D eigenvalue weighted by atomic mass is 16.6. The molecule has 0 aromatic heterocycles. The molecule has 0 aromatic carbocycles. The Balaban J connectivity index is 1.59. The van der Waals surface area contributed by atoms with Crippen LogP contribution in [0.4, 0.5) is 0 Å². The molecule has 0 saturated heterocycles. The smallest absolute Gasteiger partial charge is 0.311 e. The predicted octanol–water partition coefficient (Wildman–Crippen LogP) is 7.04. The maximum absolute atomic E-state index is 13.9. The summed E-state index contributed by atoms with van der Waals surface area (Å²) in [4.78, 5) is 27.7. The van der Waals surface area contributed by atoms with Crippen molar-refractivity contribution >= 4 is 11.9 Å². The van der Waals surface area contributed by atoms with E-state index in [1.54, 1.807) is 0 Å². The molecule has 0 aromatic rings. The Bertz CT molecular complexity index is 931. The van der Waals surface area contributed by atoms with E-state index in [0.29, 0.717) is 25.7 Å². The summed E-state index contributed by atoms with van der Waals surface area (Å²) in [5, 5.41) is 0. The van der Waals surface area contributed by atoms with Crippen molar-refractivity contribution in [1.29, 1.82) is 0 Å². The second-order valence-corrected chi connectivity index (χ2v) is 11.4. The van der Waals surface area contributed by atoms with E-state index in [-0.39, 0.29) is 29.2 Å². The lowest BCUT2D eigenvalue weighted by atomic mass is 9.79. The minimum absolute atomic E-state index is 0.0363. The highest BCUT2D eigenvalue weighted by Gasteiger charge is 2.63. The topological polar surface area (TPSA) is 52.6 Å². The minimum Gasteiger partial charge on any atom is -0.454 e. The molecule has 0 aliphatic heterocycles. The summed E-state index contributed by atoms with van der Waals surface area (Å²) in [5.74, 6) is -1.65. The molecule has 1 saturated carbocycles. The van der Waals surface area contributed by atoms with Gasteiger partial charge in [0.05, 0.1) is 11.8 Å². The van der Waals surface area contributed by atoms with Crippen LogP contribution in [0.25, 0.3) is 0 Å². The van der Waals surface area contributed by atoms with E-state index in [2.05, 4.69) is 65.8 Å². The van der Waals surface area contributed by atoms with Crippen LogP contribution in [0.1, 0.15) is 80.1 Å². The average molecular weight is 479 g/mol. The molecule has 6 atom stereocenters. The van der Waals surface area contributed by atoms with Crippen LogP contribution in [0.2, 0.25) is 0 Å². The molecule has 4 aliphatic carbocycles. The third-order valence-electron chi connectivity index (χ3n) is 9.18. The minimum atomic E-state index is -0.640. The molecule has 0 N–H and O–H groups in total. The van der Waals surface area contributed by atoms with Crippen LogP contribution < -0.4 is 0 Å². The molecule has 35 heavy (non-hydrogen) atoms. The Hall–Kier alpha value is -2.36. The third-order valence-corrected chi connectivity index (χ3v) is 9.18. The van der Waals surface area contributed by atoms with E-state index in [1.807, 2.05) is 24.3 Å². The summed E-state index contributed by atoms with van der Waals surface area (Å²) in [6, 6.07) is 0. The molecular weight excluding hydrogens is 436 g/mol. The molecule has 0 radical (unpaired) electrons. The van der Waals surface area contributed by atoms with Crippen LogP contribution in [-0.2, 0) is 19.1 Å². The van der Waals surface area contributed by atoms with Gasteiger partial charge in [-0.05, 0) is 55.1 Å². The summed E-state index contributed by atoms with van der Waals surface area (Å²) < 4.78 is 12.6. The van der Waals surface area contributed by atoms with Crippen molar-refractivity contribution in [2.45, 2.75) is 91.3 Å². The SMILES string of the molecule is CCC1=CC=CC(CC)(OC(=O)C2C(C(=O)OC3(CC)C=CC=C(CC)C3)C3C=CC2C3(C)C)C1. The molecule has 4 rings (SSSR count). The lowest BCUT2D eigenvalue weighted by Crippen LogP contribution is -2.44. The van der Waals surface area contributed by atoms with E-state index in [4.69, 9.17) is 9.47 Å². The highest BCUT2D eigenvalue weighted by Crippen LogP contribution is 2.60. The largest absolute Gasteiger partial charge is 0.454 e. The Kier molecular flexibility index (Phi) is 7.05. The van der Waals surface area contributed by atoms with Gasteiger partial charge in [-0.2, -0.15) is 0 Å². The van der Waals surface area contributed by atoms with Crippen molar-refractivity contribution in [3.63, 3.8) is 0 Å². The number of carbonyl (C=O) groups excluding carboxylic acids is 2. The normalized spacial score (nSPS) is 36.6. The van der Waals surface area contributed by atoms with Crippen molar-refractivity contribution in [1.82, 2.24) is 0 Å². The summed E-state index contributed by atoms with van der Waals surface area (Å²) in [6.45, 7) is 12.7. The first-order valence-corrected chi connectivity index (χ1v) is 13.5. The molecule has 6 unspecified atom stereocenters. The number of carbonyl (C=O) groups is 2. The fourth-order valence-electron chi connectivity index (χ4n) is 6.67. The van der Waals surface area contributed by atoms with Crippen molar-refractivity contribution in [2.24, 2.45) is 29.1 Å². The second kappa shape index (κ2) is 9.59. The highest BCUT2D eigenvalue weighted by molar-refractivity contribution is 5.85.